The van der Waals surface area contributed by atoms with E-state index < -0.39 is 5.60 Å². The second-order valence-electron chi connectivity index (χ2n) is 4.23. The number of hydrogen-bond donors (Lipinski definition) is 1. The van der Waals surface area contributed by atoms with Crippen LogP contribution in [-0.2, 0) is 6.42 Å². The number of benzene rings is 1. The van der Waals surface area contributed by atoms with Crippen LogP contribution in [0.25, 0.3) is 0 Å². The molecular weight excluding hydrogens is 172 g/mol. The van der Waals surface area contributed by atoms with Gasteiger partial charge in [-0.1, -0.05) is 43.7 Å². The van der Waals surface area contributed by atoms with Gasteiger partial charge in [0, 0.05) is 0 Å². The van der Waals surface area contributed by atoms with E-state index in [-0.39, 0.29) is 0 Å². The van der Waals surface area contributed by atoms with Gasteiger partial charge in [0.05, 0.1) is 5.60 Å². The van der Waals surface area contributed by atoms with Gasteiger partial charge in [-0.05, 0) is 31.7 Å². The Labute approximate surface area is 86.8 Å². The predicted molar refractivity (Wildman–Crippen MR) is 60.3 cm³/mol. The number of aliphatic hydroxyl groups is 1. The summed E-state index contributed by atoms with van der Waals surface area (Å²) in [7, 11) is 0. The second-order valence-corrected chi connectivity index (χ2v) is 4.23. The van der Waals surface area contributed by atoms with Gasteiger partial charge < -0.3 is 5.11 Å². The molecule has 0 amide bonds. The van der Waals surface area contributed by atoms with Gasteiger partial charge in [0.25, 0.3) is 0 Å². The van der Waals surface area contributed by atoms with E-state index in [9.17, 15) is 5.11 Å². The molecule has 0 radical (unpaired) electrons. The maximum Gasteiger partial charge on any atom is 0.0622 e. The molecule has 1 aromatic carbocycles. The monoisotopic (exact) mass is 192 g/mol. The SMILES string of the molecule is CCC[C@](C)(O)CCc1ccccc1. The van der Waals surface area contributed by atoms with E-state index in [1.165, 1.54) is 5.56 Å². The minimum Gasteiger partial charge on any atom is -0.390 e. The first-order valence-electron chi connectivity index (χ1n) is 5.40. The molecule has 0 heterocycles. The molecule has 0 saturated carbocycles. The third-order valence-corrected chi connectivity index (χ3v) is 2.58. The van der Waals surface area contributed by atoms with Crippen LogP contribution in [0.3, 0.4) is 0 Å². The van der Waals surface area contributed by atoms with Crippen molar-refractivity contribution in [3.8, 4) is 0 Å². The van der Waals surface area contributed by atoms with Crippen LogP contribution in [0.1, 0.15) is 38.7 Å². The van der Waals surface area contributed by atoms with Crippen LogP contribution in [-0.4, -0.2) is 10.7 Å². The zero-order valence-corrected chi connectivity index (χ0v) is 9.16. The Morgan fingerprint density at radius 1 is 1.14 bits per heavy atom. The molecule has 0 spiro atoms. The van der Waals surface area contributed by atoms with Crippen molar-refractivity contribution in [3.63, 3.8) is 0 Å². The molecule has 78 valence electrons. The van der Waals surface area contributed by atoms with Gasteiger partial charge in [-0.2, -0.15) is 0 Å². The van der Waals surface area contributed by atoms with Gasteiger partial charge in [0.2, 0.25) is 0 Å². The van der Waals surface area contributed by atoms with Crippen molar-refractivity contribution in [1.82, 2.24) is 0 Å². The van der Waals surface area contributed by atoms with Gasteiger partial charge >= 0.3 is 0 Å². The van der Waals surface area contributed by atoms with E-state index >= 15 is 0 Å². The van der Waals surface area contributed by atoms with Crippen molar-refractivity contribution in [2.75, 3.05) is 0 Å². The zero-order valence-electron chi connectivity index (χ0n) is 9.16. The molecule has 1 heteroatoms. The Morgan fingerprint density at radius 3 is 2.36 bits per heavy atom. The standard InChI is InChI=1S/C13H20O/c1-3-10-13(2,14)11-9-12-7-5-4-6-8-12/h4-8,14H,3,9-11H2,1-2H3/t13-/m0/s1. The van der Waals surface area contributed by atoms with Crippen LogP contribution >= 0.6 is 0 Å². The van der Waals surface area contributed by atoms with Crippen molar-refractivity contribution in [1.29, 1.82) is 0 Å². The quantitative estimate of drug-likeness (QED) is 0.759. The largest absolute Gasteiger partial charge is 0.390 e. The number of rotatable bonds is 5. The highest BCUT2D eigenvalue weighted by Crippen LogP contribution is 2.19. The zero-order chi connectivity index (χ0) is 10.4. The molecule has 0 aliphatic carbocycles. The highest BCUT2D eigenvalue weighted by molar-refractivity contribution is 5.14. The summed E-state index contributed by atoms with van der Waals surface area (Å²) in [6, 6.07) is 10.3. The van der Waals surface area contributed by atoms with Crippen molar-refractivity contribution in [3.05, 3.63) is 35.9 Å². The van der Waals surface area contributed by atoms with Gasteiger partial charge in [-0.3, -0.25) is 0 Å². The van der Waals surface area contributed by atoms with E-state index in [4.69, 9.17) is 0 Å². The molecule has 0 aromatic heterocycles. The molecule has 14 heavy (non-hydrogen) atoms. The Balaban J connectivity index is 2.40. The van der Waals surface area contributed by atoms with Gasteiger partial charge in [-0.25, -0.2) is 0 Å². The summed E-state index contributed by atoms with van der Waals surface area (Å²) >= 11 is 0. The first-order valence-corrected chi connectivity index (χ1v) is 5.40. The van der Waals surface area contributed by atoms with E-state index in [1.54, 1.807) is 0 Å². The van der Waals surface area contributed by atoms with E-state index in [0.29, 0.717) is 0 Å². The molecule has 0 saturated heterocycles. The van der Waals surface area contributed by atoms with Crippen molar-refractivity contribution in [2.24, 2.45) is 0 Å². The van der Waals surface area contributed by atoms with Crippen LogP contribution in [0.15, 0.2) is 30.3 Å². The fourth-order valence-corrected chi connectivity index (χ4v) is 1.72. The highest BCUT2D eigenvalue weighted by atomic mass is 16.3. The van der Waals surface area contributed by atoms with Gasteiger partial charge in [0.1, 0.15) is 0 Å². The fraction of sp³-hybridized carbons (Fsp3) is 0.538. The molecule has 0 unspecified atom stereocenters. The summed E-state index contributed by atoms with van der Waals surface area (Å²) < 4.78 is 0. The average molecular weight is 192 g/mol. The molecule has 1 nitrogen and oxygen atoms in total. The van der Waals surface area contributed by atoms with Gasteiger partial charge in [0.15, 0.2) is 0 Å². The third kappa shape index (κ3) is 3.93. The third-order valence-electron chi connectivity index (χ3n) is 2.58. The molecule has 1 rings (SSSR count). The maximum atomic E-state index is 9.98. The summed E-state index contributed by atoms with van der Waals surface area (Å²) in [6.07, 6.45) is 3.75. The van der Waals surface area contributed by atoms with E-state index in [1.807, 2.05) is 25.1 Å². The normalized spacial score (nSPS) is 15.1. The summed E-state index contributed by atoms with van der Waals surface area (Å²) in [5.41, 5.74) is 0.814. The molecule has 1 atom stereocenters. The van der Waals surface area contributed by atoms with E-state index in [2.05, 4.69) is 19.1 Å². The second kappa shape index (κ2) is 5.16. The summed E-state index contributed by atoms with van der Waals surface area (Å²) in [5, 5.41) is 9.98. The van der Waals surface area contributed by atoms with Crippen LogP contribution < -0.4 is 0 Å². The summed E-state index contributed by atoms with van der Waals surface area (Å²) in [5.74, 6) is 0. The van der Waals surface area contributed by atoms with Crippen molar-refractivity contribution in [2.45, 2.75) is 45.1 Å². The number of hydrogen-bond acceptors (Lipinski definition) is 1. The highest BCUT2D eigenvalue weighted by Gasteiger charge is 2.18. The summed E-state index contributed by atoms with van der Waals surface area (Å²) in [6.45, 7) is 4.04. The molecule has 0 bridgehead atoms. The van der Waals surface area contributed by atoms with Crippen LogP contribution in [0, 0.1) is 0 Å². The Morgan fingerprint density at radius 2 is 1.79 bits per heavy atom. The van der Waals surface area contributed by atoms with Crippen LogP contribution in [0.4, 0.5) is 0 Å². The molecule has 1 aromatic rings. The maximum absolute atomic E-state index is 9.98. The topological polar surface area (TPSA) is 20.2 Å². The van der Waals surface area contributed by atoms with Gasteiger partial charge in [-0.15, -0.1) is 0 Å². The minimum atomic E-state index is -0.495. The smallest absolute Gasteiger partial charge is 0.0622 e. The Bertz CT molecular complexity index is 251. The fourth-order valence-electron chi connectivity index (χ4n) is 1.72. The first kappa shape index (κ1) is 11.3. The molecule has 1 N–H and O–H groups in total. The van der Waals surface area contributed by atoms with Crippen LogP contribution in [0.5, 0.6) is 0 Å². The molecule has 0 fully saturated rings. The Kier molecular flexibility index (Phi) is 4.15. The molecular formula is C13H20O. The molecule has 0 aliphatic heterocycles. The molecule has 0 aliphatic rings. The first-order chi connectivity index (χ1) is 6.64. The minimum absolute atomic E-state index is 0.495. The lowest BCUT2D eigenvalue weighted by Gasteiger charge is -2.22. The number of aryl methyl sites for hydroxylation is 1. The van der Waals surface area contributed by atoms with Crippen molar-refractivity contribution >= 4 is 0 Å². The van der Waals surface area contributed by atoms with Crippen molar-refractivity contribution < 1.29 is 5.11 Å². The van der Waals surface area contributed by atoms with Crippen LogP contribution in [0.2, 0.25) is 0 Å². The lowest BCUT2D eigenvalue weighted by atomic mass is 9.93. The lowest BCUT2D eigenvalue weighted by molar-refractivity contribution is 0.0416. The lowest BCUT2D eigenvalue weighted by Crippen LogP contribution is -2.24. The average Bonchev–Trinajstić information content (AvgIpc) is 2.17. The Hall–Kier alpha value is -0.820. The predicted octanol–water partition coefficient (Wildman–Crippen LogP) is 3.17. The van der Waals surface area contributed by atoms with E-state index in [0.717, 1.165) is 25.7 Å². The summed E-state index contributed by atoms with van der Waals surface area (Å²) in [4.78, 5) is 0.